The Balaban J connectivity index is 1.69. The smallest absolute Gasteiger partial charge is 0.242 e. The van der Waals surface area contributed by atoms with Crippen molar-refractivity contribution in [1.82, 2.24) is 4.90 Å². The van der Waals surface area contributed by atoms with E-state index in [4.69, 9.17) is 9.47 Å². The summed E-state index contributed by atoms with van der Waals surface area (Å²) in [7, 11) is 1.64. The van der Waals surface area contributed by atoms with Crippen molar-refractivity contribution < 1.29 is 19.1 Å². The van der Waals surface area contributed by atoms with Gasteiger partial charge in [0.15, 0.2) is 5.78 Å². The third-order valence-electron chi connectivity index (χ3n) is 7.11. The number of ketones is 1. The lowest BCUT2D eigenvalue weighted by Crippen LogP contribution is -2.47. The number of allylic oxidation sites excluding steroid dienone is 1. The zero-order chi connectivity index (χ0) is 24.6. The summed E-state index contributed by atoms with van der Waals surface area (Å²) in [6, 6.07) is 15.3. The van der Waals surface area contributed by atoms with Gasteiger partial charge in [0.2, 0.25) is 5.91 Å². The number of morpholine rings is 1. The van der Waals surface area contributed by atoms with Gasteiger partial charge in [-0.05, 0) is 30.0 Å². The Bertz CT molecular complexity index is 1170. The highest BCUT2D eigenvalue weighted by Gasteiger charge is 2.43. The molecule has 0 unspecified atom stereocenters. The molecule has 1 atom stereocenters. The van der Waals surface area contributed by atoms with E-state index in [0.29, 0.717) is 38.5 Å². The van der Waals surface area contributed by atoms with Crippen LogP contribution >= 0.6 is 0 Å². The summed E-state index contributed by atoms with van der Waals surface area (Å²) < 4.78 is 11.2. The van der Waals surface area contributed by atoms with Crippen LogP contribution in [0.4, 0.5) is 11.4 Å². The summed E-state index contributed by atoms with van der Waals surface area (Å²) in [5.41, 5.74) is 4.17. The van der Waals surface area contributed by atoms with Gasteiger partial charge < -0.3 is 24.6 Å². The van der Waals surface area contributed by atoms with E-state index >= 15 is 0 Å². The van der Waals surface area contributed by atoms with E-state index in [0.717, 1.165) is 34.6 Å². The molecular weight excluding hydrogens is 442 g/mol. The van der Waals surface area contributed by atoms with Crippen LogP contribution in [0.5, 0.6) is 5.75 Å². The Kier molecular flexibility index (Phi) is 6.28. The first kappa shape index (κ1) is 23.4. The summed E-state index contributed by atoms with van der Waals surface area (Å²) in [5.74, 6) is 0.831. The summed E-state index contributed by atoms with van der Waals surface area (Å²) in [5, 5.41) is 3.60. The van der Waals surface area contributed by atoms with E-state index in [1.54, 1.807) is 7.11 Å². The number of carbonyl (C=O) groups excluding carboxylic acids is 2. The average Bonchev–Trinajstić information content (AvgIpc) is 2.98. The quantitative estimate of drug-likeness (QED) is 0.716. The number of hydrogen-bond acceptors (Lipinski definition) is 6. The van der Waals surface area contributed by atoms with Gasteiger partial charge >= 0.3 is 0 Å². The second-order valence-corrected chi connectivity index (χ2v) is 10.2. The molecule has 0 saturated carbocycles. The number of Topliss-reactive ketones (excluding diaryl/α,β-unsaturated/α-hetero) is 1. The van der Waals surface area contributed by atoms with Gasteiger partial charge in [-0.15, -0.1) is 0 Å². The van der Waals surface area contributed by atoms with E-state index in [-0.39, 0.29) is 23.7 Å². The van der Waals surface area contributed by atoms with Crippen molar-refractivity contribution in [3.63, 3.8) is 0 Å². The van der Waals surface area contributed by atoms with Crippen LogP contribution in [0.15, 0.2) is 59.8 Å². The monoisotopic (exact) mass is 475 g/mol. The van der Waals surface area contributed by atoms with Crippen LogP contribution in [0.25, 0.3) is 0 Å². The largest absolute Gasteiger partial charge is 0.496 e. The molecule has 3 aliphatic rings. The van der Waals surface area contributed by atoms with E-state index in [1.807, 2.05) is 53.4 Å². The molecule has 2 aliphatic heterocycles. The maximum Gasteiger partial charge on any atom is 0.242 e. The van der Waals surface area contributed by atoms with Gasteiger partial charge in [0, 0.05) is 36.3 Å². The van der Waals surface area contributed by atoms with E-state index < -0.39 is 6.04 Å². The Morgan fingerprint density at radius 3 is 2.57 bits per heavy atom. The number of nitrogens with zero attached hydrogens (tertiary/aromatic N) is 2. The third-order valence-corrected chi connectivity index (χ3v) is 7.11. The molecule has 2 aromatic carbocycles. The average molecular weight is 476 g/mol. The molecule has 0 bridgehead atoms. The van der Waals surface area contributed by atoms with Crippen LogP contribution in [-0.4, -0.2) is 56.5 Å². The summed E-state index contributed by atoms with van der Waals surface area (Å²) >= 11 is 0. The molecule has 1 amide bonds. The molecule has 2 heterocycles. The second kappa shape index (κ2) is 9.38. The van der Waals surface area contributed by atoms with Gasteiger partial charge in [-0.1, -0.05) is 44.2 Å². The number of benzene rings is 2. The molecule has 1 saturated heterocycles. The van der Waals surface area contributed by atoms with Crippen molar-refractivity contribution in [2.45, 2.75) is 32.7 Å². The van der Waals surface area contributed by atoms with Crippen LogP contribution < -0.4 is 15.0 Å². The molecule has 2 aromatic rings. The van der Waals surface area contributed by atoms with Crippen molar-refractivity contribution >= 4 is 23.1 Å². The minimum Gasteiger partial charge on any atom is -0.496 e. The van der Waals surface area contributed by atoms with E-state index in [2.05, 4.69) is 24.1 Å². The highest BCUT2D eigenvalue weighted by molar-refractivity contribution is 6.02. The van der Waals surface area contributed by atoms with Crippen LogP contribution in [-0.2, 0) is 14.3 Å². The highest BCUT2D eigenvalue weighted by Crippen LogP contribution is 2.49. The predicted molar refractivity (Wildman–Crippen MR) is 136 cm³/mol. The number of anilines is 2. The molecule has 0 spiro atoms. The van der Waals surface area contributed by atoms with Gasteiger partial charge in [0.1, 0.15) is 5.75 Å². The number of ether oxygens (including phenoxy) is 2. The maximum absolute atomic E-state index is 13.8. The van der Waals surface area contributed by atoms with Crippen molar-refractivity contribution in [2.24, 2.45) is 5.41 Å². The van der Waals surface area contributed by atoms with Crippen molar-refractivity contribution in [1.29, 1.82) is 0 Å². The Morgan fingerprint density at radius 2 is 1.80 bits per heavy atom. The fraction of sp³-hybridized carbons (Fsp3) is 0.429. The zero-order valence-corrected chi connectivity index (χ0v) is 20.7. The van der Waals surface area contributed by atoms with Gasteiger partial charge in [-0.2, -0.15) is 0 Å². The van der Waals surface area contributed by atoms with E-state index in [1.165, 1.54) is 0 Å². The molecule has 1 aliphatic carbocycles. The summed E-state index contributed by atoms with van der Waals surface area (Å²) in [6.07, 6.45) is 1.21. The van der Waals surface area contributed by atoms with Crippen LogP contribution in [0.2, 0.25) is 0 Å². The first-order valence-corrected chi connectivity index (χ1v) is 12.3. The molecule has 184 valence electrons. The van der Waals surface area contributed by atoms with Crippen molar-refractivity contribution in [2.75, 3.05) is 50.2 Å². The standard InChI is InChI=1S/C28H33N3O4/c1-28(2)16-21-26(23(32)17-28)27(19-8-4-7-11-24(19)34-3)31(22-10-6-5-9-20(22)29-21)18-25(33)30-12-14-35-15-13-30/h4-11,27,29H,12-18H2,1-3H3/t27-/m1/s1. The number of fused-ring (bicyclic) bond motifs is 1. The molecule has 5 rings (SSSR count). The summed E-state index contributed by atoms with van der Waals surface area (Å²) in [6.45, 7) is 6.65. The minimum absolute atomic E-state index is 0.0237. The molecular formula is C28H33N3O4. The lowest BCUT2D eigenvalue weighted by molar-refractivity contribution is -0.133. The van der Waals surface area contributed by atoms with Gasteiger partial charge in [-0.3, -0.25) is 9.59 Å². The first-order valence-electron chi connectivity index (χ1n) is 12.3. The fourth-order valence-corrected chi connectivity index (χ4v) is 5.50. The number of nitrogens with one attached hydrogen (secondary N) is 1. The highest BCUT2D eigenvalue weighted by atomic mass is 16.5. The van der Waals surface area contributed by atoms with Crippen molar-refractivity contribution in [3.8, 4) is 5.75 Å². The zero-order valence-electron chi connectivity index (χ0n) is 20.7. The Labute approximate surface area is 206 Å². The number of amides is 1. The molecule has 0 aromatic heterocycles. The Morgan fingerprint density at radius 1 is 1.09 bits per heavy atom. The fourth-order valence-electron chi connectivity index (χ4n) is 5.50. The lowest BCUT2D eigenvalue weighted by atomic mass is 9.73. The normalized spacial score (nSPS) is 21.6. The molecule has 1 N–H and O–H groups in total. The van der Waals surface area contributed by atoms with Crippen molar-refractivity contribution in [3.05, 3.63) is 65.4 Å². The SMILES string of the molecule is COc1ccccc1[C@@H]1C2=C(CC(C)(C)CC2=O)Nc2ccccc2N1CC(=O)N1CCOCC1. The number of hydrogen-bond donors (Lipinski definition) is 1. The molecule has 7 heteroatoms. The Hall–Kier alpha value is -3.32. The second-order valence-electron chi connectivity index (χ2n) is 10.2. The van der Waals surface area contributed by atoms with Crippen LogP contribution in [0.1, 0.15) is 38.3 Å². The molecule has 0 radical (unpaired) electrons. The first-order chi connectivity index (χ1) is 16.9. The molecule has 35 heavy (non-hydrogen) atoms. The third kappa shape index (κ3) is 4.52. The number of methoxy groups -OCH3 is 1. The van der Waals surface area contributed by atoms with Gasteiger partial charge in [0.25, 0.3) is 0 Å². The molecule has 1 fully saturated rings. The number of para-hydroxylation sites is 3. The molecule has 7 nitrogen and oxygen atoms in total. The number of carbonyl (C=O) groups is 2. The van der Waals surface area contributed by atoms with Crippen LogP contribution in [0.3, 0.4) is 0 Å². The summed E-state index contributed by atoms with van der Waals surface area (Å²) in [4.78, 5) is 31.3. The maximum atomic E-state index is 13.8. The van der Waals surface area contributed by atoms with Crippen LogP contribution in [0, 0.1) is 5.41 Å². The lowest BCUT2D eigenvalue weighted by Gasteiger charge is -2.39. The predicted octanol–water partition coefficient (Wildman–Crippen LogP) is 4.17. The minimum atomic E-state index is -0.453. The van der Waals surface area contributed by atoms with Gasteiger partial charge in [0.05, 0.1) is 44.3 Å². The van der Waals surface area contributed by atoms with E-state index in [9.17, 15) is 9.59 Å². The number of rotatable bonds is 4. The van der Waals surface area contributed by atoms with Gasteiger partial charge in [-0.25, -0.2) is 0 Å². The topological polar surface area (TPSA) is 71.1 Å².